The van der Waals surface area contributed by atoms with Gasteiger partial charge in [-0.15, -0.1) is 11.3 Å². The van der Waals surface area contributed by atoms with Crippen LogP contribution in [-0.4, -0.2) is 65.7 Å². The maximum atomic E-state index is 13.8. The molecule has 1 aromatic heterocycles. The number of carbonyl (C=O) groups excluding carboxylic acids is 5. The zero-order valence-corrected chi connectivity index (χ0v) is 26.9. The largest absolute Gasteiger partial charge is 0.380 e. The summed E-state index contributed by atoms with van der Waals surface area (Å²) in [4.78, 5) is 65.3. The molecule has 1 saturated heterocycles. The molecule has 3 rings (SSSR count). The second-order valence-electron chi connectivity index (χ2n) is 11.1. The number of carbonyl (C=O) groups is 5. The quantitative estimate of drug-likeness (QED) is 0.189. The lowest BCUT2D eigenvalue weighted by Gasteiger charge is -2.25. The molecule has 7 N–H and O–H groups in total. The van der Waals surface area contributed by atoms with Crippen LogP contribution < -0.4 is 32.3 Å². The van der Waals surface area contributed by atoms with Crippen molar-refractivity contribution in [3.8, 4) is 0 Å². The summed E-state index contributed by atoms with van der Waals surface area (Å²) >= 11 is 6.63. The van der Waals surface area contributed by atoms with Crippen molar-refractivity contribution in [2.24, 2.45) is 5.73 Å². The van der Waals surface area contributed by atoms with E-state index in [2.05, 4.69) is 26.6 Å². The van der Waals surface area contributed by atoms with Crippen LogP contribution in [0.4, 0.5) is 0 Å². The molecule has 0 aliphatic carbocycles. The van der Waals surface area contributed by atoms with E-state index in [1.54, 1.807) is 18.3 Å². The number of nitrogens with two attached hydrogens (primary N) is 1. The number of benzene rings is 1. The number of amides is 5. The molecule has 0 unspecified atom stereocenters. The van der Waals surface area contributed by atoms with E-state index >= 15 is 0 Å². The maximum absolute atomic E-state index is 13.8. The van der Waals surface area contributed by atoms with Crippen molar-refractivity contribution in [1.82, 2.24) is 26.6 Å². The number of thiocarbonyl (C=S) groups is 1. The summed E-state index contributed by atoms with van der Waals surface area (Å²) in [5, 5.41) is 17.3. The van der Waals surface area contributed by atoms with Crippen molar-refractivity contribution in [1.29, 1.82) is 0 Å². The van der Waals surface area contributed by atoms with E-state index in [0.717, 1.165) is 28.5 Å². The predicted octanol–water partition coefficient (Wildman–Crippen LogP) is 2.35. The topological polar surface area (TPSA) is 172 Å². The Morgan fingerprint density at radius 2 is 1.66 bits per heavy atom. The van der Waals surface area contributed by atoms with E-state index in [1.807, 2.05) is 29.6 Å². The summed E-state index contributed by atoms with van der Waals surface area (Å²) in [5.41, 5.74) is 6.51. The summed E-state index contributed by atoms with van der Waals surface area (Å²) < 4.78 is 1.08. The minimum absolute atomic E-state index is 0.120. The molecule has 1 aliphatic heterocycles. The first-order valence-corrected chi connectivity index (χ1v) is 16.6. The number of fused-ring (bicyclic) bond motifs is 1. The first kappa shape index (κ1) is 34.9. The van der Waals surface area contributed by atoms with E-state index in [0.29, 0.717) is 50.1 Å². The van der Waals surface area contributed by atoms with Gasteiger partial charge in [-0.1, -0.05) is 43.3 Å². The number of hydrogen-bond donors (Lipinski definition) is 6. The van der Waals surface area contributed by atoms with Crippen LogP contribution in [0, 0.1) is 0 Å². The Labute approximate surface area is 267 Å². The number of hydrogen-bond acceptors (Lipinski definition) is 7. The van der Waals surface area contributed by atoms with E-state index in [9.17, 15) is 24.0 Å². The minimum atomic E-state index is -1.03. The molecule has 0 spiro atoms. The number of primary amides is 1. The number of thiophene rings is 1. The van der Waals surface area contributed by atoms with Crippen molar-refractivity contribution in [2.75, 3.05) is 13.1 Å². The highest BCUT2D eigenvalue weighted by atomic mass is 32.1. The molecule has 1 aliphatic rings. The number of nitrogens with one attached hydrogen (secondary N) is 5. The normalized spacial score (nSPS) is 21.5. The van der Waals surface area contributed by atoms with Crippen LogP contribution in [0.25, 0.3) is 10.1 Å². The molecule has 0 bridgehead atoms. The molecule has 2 aromatic rings. The van der Waals surface area contributed by atoms with E-state index < -0.39 is 35.8 Å². The van der Waals surface area contributed by atoms with Crippen LogP contribution in [0.1, 0.15) is 76.7 Å². The van der Waals surface area contributed by atoms with Gasteiger partial charge in [0.25, 0.3) is 0 Å². The molecule has 0 radical (unpaired) electrons. The fourth-order valence-corrected chi connectivity index (χ4v) is 6.17. The van der Waals surface area contributed by atoms with Gasteiger partial charge in [-0.25, -0.2) is 0 Å². The van der Waals surface area contributed by atoms with Crippen LogP contribution in [-0.2, 0) is 30.4 Å². The zero-order chi connectivity index (χ0) is 31.9. The second-order valence-corrected chi connectivity index (χ2v) is 12.7. The van der Waals surface area contributed by atoms with E-state index in [-0.39, 0.29) is 37.6 Å². The summed E-state index contributed by atoms with van der Waals surface area (Å²) in [6.45, 7) is 2.57. The lowest BCUT2D eigenvalue weighted by atomic mass is 10.0. The summed E-state index contributed by atoms with van der Waals surface area (Å²) in [7, 11) is 0. The SMILES string of the molecule is CC(=S)NCCCC[C@@H]1NC(=O)[C@H](Cc2csc3ccccc23)NC(=O)CCCCCCC(=O)NCC[C@@H](C(N)=O)NC1=O. The van der Waals surface area contributed by atoms with Gasteiger partial charge in [0.1, 0.15) is 18.1 Å². The zero-order valence-electron chi connectivity index (χ0n) is 25.2. The Hall–Kier alpha value is -3.58. The Balaban J connectivity index is 1.83. The van der Waals surface area contributed by atoms with Gasteiger partial charge < -0.3 is 32.3 Å². The lowest BCUT2D eigenvalue weighted by Crippen LogP contribution is -2.57. The average Bonchev–Trinajstić information content (AvgIpc) is 3.39. The minimum Gasteiger partial charge on any atom is -0.380 e. The van der Waals surface area contributed by atoms with Gasteiger partial charge in [-0.2, -0.15) is 0 Å². The van der Waals surface area contributed by atoms with Crippen molar-refractivity contribution in [3.63, 3.8) is 0 Å². The smallest absolute Gasteiger partial charge is 0.243 e. The molecule has 0 saturated carbocycles. The molecular formula is C31H44N6O5S2. The first-order chi connectivity index (χ1) is 21.1. The van der Waals surface area contributed by atoms with Gasteiger partial charge in [0.15, 0.2) is 0 Å². The van der Waals surface area contributed by atoms with Crippen LogP contribution in [0.3, 0.4) is 0 Å². The molecule has 5 amide bonds. The summed E-state index contributed by atoms with van der Waals surface area (Å²) in [6, 6.07) is 4.96. The van der Waals surface area contributed by atoms with Crippen LogP contribution in [0.2, 0.25) is 0 Å². The van der Waals surface area contributed by atoms with E-state index in [4.69, 9.17) is 18.0 Å². The first-order valence-electron chi connectivity index (χ1n) is 15.3. The van der Waals surface area contributed by atoms with Crippen molar-refractivity contribution >= 4 is 68.2 Å². The highest BCUT2D eigenvalue weighted by Crippen LogP contribution is 2.26. The molecule has 11 nitrogen and oxygen atoms in total. The molecule has 3 atom stereocenters. The summed E-state index contributed by atoms with van der Waals surface area (Å²) in [6.07, 6.45) is 5.37. The Bertz CT molecular complexity index is 1320. The molecule has 2 heterocycles. The third kappa shape index (κ3) is 11.8. The Kier molecular flexibility index (Phi) is 14.5. The van der Waals surface area contributed by atoms with Crippen molar-refractivity contribution in [3.05, 3.63) is 35.2 Å². The van der Waals surface area contributed by atoms with Crippen LogP contribution in [0.5, 0.6) is 0 Å². The fourth-order valence-electron chi connectivity index (χ4n) is 5.09. The van der Waals surface area contributed by atoms with Crippen molar-refractivity contribution in [2.45, 2.75) is 95.7 Å². The third-order valence-corrected chi connectivity index (χ3v) is 8.69. The van der Waals surface area contributed by atoms with Gasteiger partial charge >= 0.3 is 0 Å². The van der Waals surface area contributed by atoms with Crippen LogP contribution >= 0.6 is 23.6 Å². The highest BCUT2D eigenvalue weighted by molar-refractivity contribution is 7.80. The fraction of sp³-hybridized carbons (Fsp3) is 0.548. The lowest BCUT2D eigenvalue weighted by molar-refractivity contribution is -0.133. The van der Waals surface area contributed by atoms with Gasteiger partial charge in [-0.3, -0.25) is 24.0 Å². The summed E-state index contributed by atoms with van der Waals surface area (Å²) in [5.74, 6) is -2.18. The van der Waals surface area contributed by atoms with Gasteiger partial charge in [-0.05, 0) is 67.8 Å². The highest BCUT2D eigenvalue weighted by Gasteiger charge is 2.29. The molecule has 240 valence electrons. The third-order valence-electron chi connectivity index (χ3n) is 7.54. The number of rotatable bonds is 8. The molecule has 1 aromatic carbocycles. The van der Waals surface area contributed by atoms with Gasteiger partial charge in [0.05, 0.1) is 4.99 Å². The van der Waals surface area contributed by atoms with E-state index in [1.165, 1.54) is 0 Å². The predicted molar refractivity (Wildman–Crippen MR) is 176 cm³/mol. The van der Waals surface area contributed by atoms with Gasteiger partial charge in [0.2, 0.25) is 29.5 Å². The Morgan fingerprint density at radius 1 is 0.955 bits per heavy atom. The number of unbranched alkanes of at least 4 members (excludes halogenated alkanes) is 1. The second kappa shape index (κ2) is 18.3. The van der Waals surface area contributed by atoms with Crippen LogP contribution in [0.15, 0.2) is 29.6 Å². The molecule has 44 heavy (non-hydrogen) atoms. The Morgan fingerprint density at radius 3 is 2.39 bits per heavy atom. The molecule has 1 fully saturated rings. The average molecular weight is 645 g/mol. The molecule has 13 heteroatoms. The van der Waals surface area contributed by atoms with Crippen molar-refractivity contribution < 1.29 is 24.0 Å². The maximum Gasteiger partial charge on any atom is 0.243 e. The standard InChI is InChI=1S/C31H44N6O5S2/c1-20(43)33-16-9-8-11-24-30(41)36-23(29(32)40)15-17-34-27(38)13-4-2-3-5-14-28(39)35-25(31(42)37-24)18-21-19-44-26-12-7-6-10-22(21)26/h6-7,10,12,19,23-25H,2-5,8-9,11,13-18H2,1H3,(H2,32,40)(H,33,43)(H,34,38)(H,35,39)(H,36,41)(H,37,42)/t23-,24-,25-/m0/s1. The van der Waals surface area contributed by atoms with Gasteiger partial charge in [0, 0.05) is 37.1 Å². The molecular weight excluding hydrogens is 601 g/mol. The monoisotopic (exact) mass is 644 g/mol.